The molecule has 0 saturated heterocycles. The van der Waals surface area contributed by atoms with Gasteiger partial charge in [0.05, 0.1) is 11.9 Å². The molecule has 1 aromatic heterocycles. The van der Waals surface area contributed by atoms with Crippen molar-refractivity contribution < 1.29 is 9.90 Å². The molecule has 0 spiro atoms. The Morgan fingerprint density at radius 1 is 1.33 bits per heavy atom. The largest absolute Gasteiger partial charge is 0.481 e. The van der Waals surface area contributed by atoms with Crippen molar-refractivity contribution in [2.45, 2.75) is 38.8 Å². The summed E-state index contributed by atoms with van der Waals surface area (Å²) in [5, 5.41) is 9.60. The van der Waals surface area contributed by atoms with Gasteiger partial charge in [-0.25, -0.2) is 4.98 Å². The van der Waals surface area contributed by atoms with Gasteiger partial charge in [-0.1, -0.05) is 31.7 Å². The number of aryl methyl sites for hydroxylation is 2. The first-order valence-corrected chi connectivity index (χ1v) is 7.88. The minimum absolute atomic E-state index is 0.0133. The van der Waals surface area contributed by atoms with E-state index in [1.165, 1.54) is 22.9 Å². The molecule has 112 valence electrons. The highest BCUT2D eigenvalue weighted by atomic mass is 32.2. The lowest BCUT2D eigenvalue weighted by molar-refractivity contribution is -0.133. The predicted octanol–water partition coefficient (Wildman–Crippen LogP) is 3.79. The fraction of sp³-hybridized carbons (Fsp3) is 0.375. The van der Waals surface area contributed by atoms with E-state index in [0.29, 0.717) is 5.92 Å². The molecule has 0 bridgehead atoms. The van der Waals surface area contributed by atoms with Gasteiger partial charge in [0.2, 0.25) is 0 Å². The molecule has 5 heteroatoms. The van der Waals surface area contributed by atoms with Crippen LogP contribution in [0.2, 0.25) is 0 Å². The van der Waals surface area contributed by atoms with Gasteiger partial charge in [-0.05, 0) is 43.0 Å². The van der Waals surface area contributed by atoms with Crippen LogP contribution in [-0.4, -0.2) is 26.4 Å². The summed E-state index contributed by atoms with van der Waals surface area (Å²) in [4.78, 5) is 15.2. The van der Waals surface area contributed by atoms with Gasteiger partial charge in [-0.15, -0.1) is 0 Å². The molecule has 0 aliphatic carbocycles. The highest BCUT2D eigenvalue weighted by Crippen LogP contribution is 2.28. The smallest absolute Gasteiger partial charge is 0.313 e. The van der Waals surface area contributed by atoms with Gasteiger partial charge < -0.3 is 5.11 Å². The topological polar surface area (TPSA) is 55.1 Å². The summed E-state index contributed by atoms with van der Waals surface area (Å²) in [6, 6.07) is 6.26. The van der Waals surface area contributed by atoms with E-state index in [-0.39, 0.29) is 5.75 Å². The number of thioether (sulfide) groups is 1. The van der Waals surface area contributed by atoms with E-state index in [2.05, 4.69) is 55.4 Å². The maximum atomic E-state index is 10.8. The first-order chi connectivity index (χ1) is 9.90. The predicted molar refractivity (Wildman–Crippen MR) is 85.5 cm³/mol. The van der Waals surface area contributed by atoms with Crippen LogP contribution in [0.5, 0.6) is 0 Å². The van der Waals surface area contributed by atoms with Crippen molar-refractivity contribution >= 4 is 17.7 Å². The van der Waals surface area contributed by atoms with Crippen LogP contribution in [0.15, 0.2) is 29.6 Å². The number of hydrogen-bond acceptors (Lipinski definition) is 3. The second-order valence-corrected chi connectivity index (χ2v) is 6.35. The van der Waals surface area contributed by atoms with E-state index in [1.54, 1.807) is 0 Å². The van der Waals surface area contributed by atoms with Gasteiger partial charge in [0.25, 0.3) is 0 Å². The van der Waals surface area contributed by atoms with Crippen LogP contribution in [0.25, 0.3) is 5.69 Å². The average Bonchev–Trinajstić information content (AvgIpc) is 2.83. The molecule has 0 saturated carbocycles. The van der Waals surface area contributed by atoms with Crippen molar-refractivity contribution in [3.05, 3.63) is 41.2 Å². The van der Waals surface area contributed by atoms with Gasteiger partial charge in [-0.3, -0.25) is 9.36 Å². The van der Waals surface area contributed by atoms with Crippen LogP contribution in [0.4, 0.5) is 0 Å². The molecular weight excluding hydrogens is 284 g/mol. The quantitative estimate of drug-likeness (QED) is 0.854. The summed E-state index contributed by atoms with van der Waals surface area (Å²) < 4.78 is 2.06. The number of rotatable bonds is 5. The van der Waals surface area contributed by atoms with E-state index in [1.807, 2.05) is 6.20 Å². The van der Waals surface area contributed by atoms with Crippen molar-refractivity contribution in [2.24, 2.45) is 0 Å². The minimum Gasteiger partial charge on any atom is -0.481 e. The average molecular weight is 304 g/mol. The molecule has 1 N–H and O–H groups in total. The van der Waals surface area contributed by atoms with Crippen LogP contribution in [0.3, 0.4) is 0 Å². The third-order valence-corrected chi connectivity index (χ3v) is 4.36. The summed E-state index contributed by atoms with van der Waals surface area (Å²) >= 11 is 1.25. The molecule has 0 fully saturated rings. The van der Waals surface area contributed by atoms with Crippen LogP contribution < -0.4 is 0 Å². The number of aliphatic carboxylic acids is 1. The van der Waals surface area contributed by atoms with E-state index in [9.17, 15) is 4.79 Å². The fourth-order valence-corrected chi connectivity index (χ4v) is 2.83. The molecule has 0 atom stereocenters. The van der Waals surface area contributed by atoms with E-state index in [4.69, 9.17) is 5.11 Å². The first kappa shape index (κ1) is 15.6. The number of nitrogens with zero attached hydrogens (tertiary/aromatic N) is 2. The summed E-state index contributed by atoms with van der Waals surface area (Å²) in [5.74, 6) is -0.502. The molecule has 0 aliphatic rings. The van der Waals surface area contributed by atoms with Crippen LogP contribution in [0, 0.1) is 13.8 Å². The number of carbonyl (C=O) groups is 1. The molecule has 2 rings (SSSR count). The molecule has 1 aromatic carbocycles. The lowest BCUT2D eigenvalue weighted by Gasteiger charge is -2.15. The number of hydrogen-bond donors (Lipinski definition) is 1. The Balaban J connectivity index is 2.49. The van der Waals surface area contributed by atoms with Gasteiger partial charge in [0, 0.05) is 11.4 Å². The number of imidazole rings is 1. The molecule has 0 radical (unpaired) electrons. The molecule has 0 aliphatic heterocycles. The summed E-state index contributed by atoms with van der Waals surface area (Å²) in [6.45, 7) is 8.38. The lowest BCUT2D eigenvalue weighted by Crippen LogP contribution is -2.06. The molecule has 21 heavy (non-hydrogen) atoms. The number of benzene rings is 1. The van der Waals surface area contributed by atoms with E-state index < -0.39 is 5.97 Å². The SMILES string of the molecule is Cc1ccc(-n2c(C(C)C)cnc2SCC(=O)O)cc1C. The Kier molecular flexibility index (Phi) is 4.73. The highest BCUT2D eigenvalue weighted by molar-refractivity contribution is 7.99. The van der Waals surface area contributed by atoms with Gasteiger partial charge in [0.15, 0.2) is 5.16 Å². The van der Waals surface area contributed by atoms with E-state index in [0.717, 1.165) is 16.5 Å². The monoisotopic (exact) mass is 304 g/mol. The molecule has 0 unspecified atom stereocenters. The molecular formula is C16H20N2O2S. The molecule has 2 aromatic rings. The zero-order valence-corrected chi connectivity index (χ0v) is 13.6. The standard InChI is InChI=1S/C16H20N2O2S/c1-10(2)14-8-17-16(21-9-15(19)20)18(14)13-6-5-11(3)12(4)7-13/h5-8,10H,9H2,1-4H3,(H,19,20). The van der Waals surface area contributed by atoms with Crippen LogP contribution in [-0.2, 0) is 4.79 Å². The minimum atomic E-state index is -0.833. The van der Waals surface area contributed by atoms with Crippen molar-refractivity contribution in [2.75, 3.05) is 5.75 Å². The first-order valence-electron chi connectivity index (χ1n) is 6.90. The summed E-state index contributed by atoms with van der Waals surface area (Å²) in [6.07, 6.45) is 1.84. The lowest BCUT2D eigenvalue weighted by atomic mass is 10.1. The number of carboxylic acids is 1. The Morgan fingerprint density at radius 2 is 2.05 bits per heavy atom. The maximum absolute atomic E-state index is 10.8. The van der Waals surface area contributed by atoms with Crippen LogP contribution >= 0.6 is 11.8 Å². The Morgan fingerprint density at radius 3 is 2.62 bits per heavy atom. The highest BCUT2D eigenvalue weighted by Gasteiger charge is 2.16. The van der Waals surface area contributed by atoms with Gasteiger partial charge in [0.1, 0.15) is 0 Å². The number of carboxylic acid groups (broad SMARTS) is 1. The molecule has 0 amide bonds. The zero-order chi connectivity index (χ0) is 15.6. The Hall–Kier alpha value is -1.75. The third kappa shape index (κ3) is 3.47. The summed E-state index contributed by atoms with van der Waals surface area (Å²) in [5.41, 5.74) is 4.58. The molecule has 4 nitrogen and oxygen atoms in total. The zero-order valence-electron chi connectivity index (χ0n) is 12.8. The fourth-order valence-electron chi connectivity index (χ4n) is 2.11. The maximum Gasteiger partial charge on any atom is 0.313 e. The molecule has 1 heterocycles. The van der Waals surface area contributed by atoms with Crippen molar-refractivity contribution in [3.8, 4) is 5.69 Å². The van der Waals surface area contributed by atoms with E-state index >= 15 is 0 Å². The van der Waals surface area contributed by atoms with Crippen LogP contribution in [0.1, 0.15) is 36.6 Å². The number of aromatic nitrogens is 2. The Labute approximate surface area is 129 Å². The van der Waals surface area contributed by atoms with Gasteiger partial charge >= 0.3 is 5.97 Å². The van der Waals surface area contributed by atoms with Crippen molar-refractivity contribution in [1.29, 1.82) is 0 Å². The Bertz CT molecular complexity index is 662. The van der Waals surface area contributed by atoms with Gasteiger partial charge in [-0.2, -0.15) is 0 Å². The third-order valence-electron chi connectivity index (χ3n) is 3.42. The van der Waals surface area contributed by atoms with Crippen molar-refractivity contribution in [1.82, 2.24) is 9.55 Å². The van der Waals surface area contributed by atoms with Crippen molar-refractivity contribution in [3.63, 3.8) is 0 Å². The second kappa shape index (κ2) is 6.35. The summed E-state index contributed by atoms with van der Waals surface area (Å²) in [7, 11) is 0. The normalized spacial score (nSPS) is 11.1. The second-order valence-electron chi connectivity index (χ2n) is 5.41.